The molecule has 0 bridgehead atoms. The summed E-state index contributed by atoms with van der Waals surface area (Å²) in [5.74, 6) is 0. The molecule has 2 rings (SSSR count). The van der Waals surface area contributed by atoms with Gasteiger partial charge in [0.25, 0.3) is 0 Å². The van der Waals surface area contributed by atoms with E-state index in [2.05, 4.69) is 22.0 Å². The number of nitrogens with one attached hydrogen (secondary N) is 1. The number of rotatable bonds is 7. The molecule has 5 heteroatoms. The summed E-state index contributed by atoms with van der Waals surface area (Å²) in [5.41, 5.74) is 0. The fraction of sp³-hybridized carbons (Fsp3) is 1.00. The molecule has 2 N–H and O–H groups in total. The van der Waals surface area contributed by atoms with Crippen LogP contribution in [0, 0.1) is 0 Å². The summed E-state index contributed by atoms with van der Waals surface area (Å²) in [6.07, 6.45) is 2.11. The van der Waals surface area contributed by atoms with Gasteiger partial charge in [-0.3, -0.25) is 9.80 Å². The fourth-order valence-electron chi connectivity index (χ4n) is 3.03. The van der Waals surface area contributed by atoms with Gasteiger partial charge in [-0.2, -0.15) is 0 Å². The molecule has 2 aliphatic heterocycles. The second-order valence-corrected chi connectivity index (χ2v) is 5.71. The van der Waals surface area contributed by atoms with Crippen LogP contribution in [0.2, 0.25) is 0 Å². The van der Waals surface area contributed by atoms with Crippen molar-refractivity contribution in [2.24, 2.45) is 0 Å². The number of hydrogen-bond donors (Lipinski definition) is 2. The van der Waals surface area contributed by atoms with Crippen molar-refractivity contribution in [3.8, 4) is 0 Å². The second-order valence-electron chi connectivity index (χ2n) is 5.71. The third-order valence-corrected chi connectivity index (χ3v) is 4.09. The zero-order valence-electron chi connectivity index (χ0n) is 12.2. The van der Waals surface area contributed by atoms with Crippen molar-refractivity contribution in [2.75, 3.05) is 59.0 Å². The van der Waals surface area contributed by atoms with E-state index in [0.29, 0.717) is 12.6 Å². The predicted octanol–water partition coefficient (Wildman–Crippen LogP) is -0.247. The van der Waals surface area contributed by atoms with Crippen molar-refractivity contribution >= 4 is 0 Å². The maximum Gasteiger partial charge on any atom is 0.0791 e. The molecule has 5 nitrogen and oxygen atoms in total. The van der Waals surface area contributed by atoms with Crippen LogP contribution in [0.3, 0.4) is 0 Å². The van der Waals surface area contributed by atoms with Gasteiger partial charge in [-0.15, -0.1) is 0 Å². The summed E-state index contributed by atoms with van der Waals surface area (Å²) >= 11 is 0. The third-order valence-electron chi connectivity index (χ3n) is 4.09. The Morgan fingerprint density at radius 1 is 1.32 bits per heavy atom. The van der Waals surface area contributed by atoms with E-state index in [4.69, 9.17) is 4.74 Å². The van der Waals surface area contributed by atoms with E-state index >= 15 is 0 Å². The molecule has 0 aliphatic carbocycles. The van der Waals surface area contributed by atoms with Crippen LogP contribution < -0.4 is 5.32 Å². The Kier molecular flexibility index (Phi) is 6.53. The molecule has 0 spiro atoms. The average Bonchev–Trinajstić information content (AvgIpc) is 2.88. The maximum atomic E-state index is 10.00. The van der Waals surface area contributed by atoms with E-state index in [1.807, 2.05) is 0 Å². The molecular weight excluding hydrogens is 242 g/mol. The first-order chi connectivity index (χ1) is 9.29. The molecule has 2 atom stereocenters. The number of hydrogen-bond acceptors (Lipinski definition) is 5. The van der Waals surface area contributed by atoms with E-state index in [1.165, 1.54) is 6.42 Å². The maximum absolute atomic E-state index is 10.00. The monoisotopic (exact) mass is 271 g/mol. The molecule has 112 valence electrons. The quantitative estimate of drug-likeness (QED) is 0.626. The third kappa shape index (κ3) is 5.00. The van der Waals surface area contributed by atoms with Crippen LogP contribution in [0.15, 0.2) is 0 Å². The minimum atomic E-state index is -0.241. The highest BCUT2D eigenvalue weighted by molar-refractivity contribution is 4.85. The minimum absolute atomic E-state index is 0.241. The van der Waals surface area contributed by atoms with Crippen LogP contribution in [-0.4, -0.2) is 86.1 Å². The number of likely N-dealkylation sites (tertiary alicyclic amines) is 1. The van der Waals surface area contributed by atoms with Crippen LogP contribution in [0.5, 0.6) is 0 Å². The highest BCUT2D eigenvalue weighted by atomic mass is 16.5. The van der Waals surface area contributed by atoms with Crippen molar-refractivity contribution in [2.45, 2.75) is 31.9 Å². The highest BCUT2D eigenvalue weighted by Crippen LogP contribution is 2.16. The number of aliphatic hydroxyl groups excluding tert-OH is 1. The van der Waals surface area contributed by atoms with Crippen LogP contribution in [0.1, 0.15) is 19.8 Å². The van der Waals surface area contributed by atoms with Crippen molar-refractivity contribution in [3.05, 3.63) is 0 Å². The van der Waals surface area contributed by atoms with Gasteiger partial charge < -0.3 is 15.2 Å². The Bertz CT molecular complexity index is 247. The molecule has 0 saturated carbocycles. The van der Waals surface area contributed by atoms with Crippen LogP contribution in [0.4, 0.5) is 0 Å². The largest absolute Gasteiger partial charge is 0.390 e. The smallest absolute Gasteiger partial charge is 0.0791 e. The predicted molar refractivity (Wildman–Crippen MR) is 76.4 cm³/mol. The lowest BCUT2D eigenvalue weighted by Gasteiger charge is -2.32. The Balaban J connectivity index is 1.63. The van der Waals surface area contributed by atoms with Crippen LogP contribution in [0.25, 0.3) is 0 Å². The summed E-state index contributed by atoms with van der Waals surface area (Å²) < 4.78 is 5.40. The summed E-state index contributed by atoms with van der Waals surface area (Å²) in [7, 11) is 0. The zero-order valence-corrected chi connectivity index (χ0v) is 12.2. The zero-order chi connectivity index (χ0) is 13.5. The topological polar surface area (TPSA) is 48.0 Å². The molecule has 0 radical (unpaired) electrons. The van der Waals surface area contributed by atoms with Gasteiger partial charge in [0.05, 0.1) is 19.3 Å². The van der Waals surface area contributed by atoms with Crippen molar-refractivity contribution < 1.29 is 9.84 Å². The molecule has 2 saturated heterocycles. The molecular formula is C14H29N3O2. The standard InChI is InChI=1S/C14H29N3O2/c1-2-4-15-10-14(18)12-16-5-3-13(11-16)17-6-8-19-9-7-17/h13-15,18H,2-12H2,1H3. The van der Waals surface area contributed by atoms with Crippen molar-refractivity contribution in [1.29, 1.82) is 0 Å². The number of β-amino-alcohol motifs (C(OH)–C–C–N with tert-alkyl or cyclic N) is 1. The van der Waals surface area contributed by atoms with E-state index in [9.17, 15) is 5.11 Å². The van der Waals surface area contributed by atoms with Gasteiger partial charge in [0, 0.05) is 38.8 Å². The first-order valence-corrected chi connectivity index (χ1v) is 7.72. The normalized spacial score (nSPS) is 27.8. The lowest BCUT2D eigenvalue weighted by molar-refractivity contribution is 0.0174. The Labute approximate surface area is 116 Å². The van der Waals surface area contributed by atoms with Crippen molar-refractivity contribution in [3.63, 3.8) is 0 Å². The fourth-order valence-corrected chi connectivity index (χ4v) is 3.03. The molecule has 0 aromatic rings. The summed E-state index contributed by atoms with van der Waals surface area (Å²) in [6, 6.07) is 0.666. The van der Waals surface area contributed by atoms with Gasteiger partial charge in [-0.05, 0) is 25.9 Å². The first kappa shape index (κ1) is 15.2. The van der Waals surface area contributed by atoms with E-state index < -0.39 is 0 Å². The van der Waals surface area contributed by atoms with Crippen LogP contribution >= 0.6 is 0 Å². The second kappa shape index (κ2) is 8.17. The summed E-state index contributed by atoms with van der Waals surface area (Å²) in [6.45, 7) is 10.8. The molecule has 19 heavy (non-hydrogen) atoms. The van der Waals surface area contributed by atoms with Gasteiger partial charge in [0.15, 0.2) is 0 Å². The van der Waals surface area contributed by atoms with Crippen LogP contribution in [-0.2, 0) is 4.74 Å². The molecule has 0 amide bonds. The van der Waals surface area contributed by atoms with Gasteiger partial charge in [-0.1, -0.05) is 6.92 Å². The van der Waals surface area contributed by atoms with Gasteiger partial charge in [0.2, 0.25) is 0 Å². The molecule has 0 aromatic heterocycles. The Morgan fingerprint density at radius 2 is 2.11 bits per heavy atom. The molecule has 2 aliphatic rings. The molecule has 2 heterocycles. The van der Waals surface area contributed by atoms with E-state index in [0.717, 1.165) is 58.9 Å². The highest BCUT2D eigenvalue weighted by Gasteiger charge is 2.29. The number of nitrogens with zero attached hydrogens (tertiary/aromatic N) is 2. The number of ether oxygens (including phenoxy) is 1. The molecule has 2 unspecified atom stereocenters. The average molecular weight is 271 g/mol. The number of morpholine rings is 1. The lowest BCUT2D eigenvalue weighted by Crippen LogP contribution is -2.45. The Hall–Kier alpha value is -0.200. The Morgan fingerprint density at radius 3 is 2.84 bits per heavy atom. The number of aliphatic hydroxyl groups is 1. The summed E-state index contributed by atoms with van der Waals surface area (Å²) in [5, 5.41) is 13.3. The van der Waals surface area contributed by atoms with E-state index in [-0.39, 0.29) is 6.10 Å². The molecule has 0 aromatic carbocycles. The first-order valence-electron chi connectivity index (χ1n) is 7.72. The van der Waals surface area contributed by atoms with E-state index in [1.54, 1.807) is 0 Å². The van der Waals surface area contributed by atoms with Crippen molar-refractivity contribution in [1.82, 2.24) is 15.1 Å². The SMILES string of the molecule is CCCNCC(O)CN1CCC(N2CCOCC2)C1. The van der Waals surface area contributed by atoms with Gasteiger partial charge >= 0.3 is 0 Å². The summed E-state index contributed by atoms with van der Waals surface area (Å²) in [4.78, 5) is 4.95. The molecule has 2 fully saturated rings. The lowest BCUT2D eigenvalue weighted by atomic mass is 10.2. The van der Waals surface area contributed by atoms with Gasteiger partial charge in [0.1, 0.15) is 0 Å². The minimum Gasteiger partial charge on any atom is -0.390 e. The van der Waals surface area contributed by atoms with Gasteiger partial charge in [-0.25, -0.2) is 0 Å².